The van der Waals surface area contributed by atoms with E-state index in [2.05, 4.69) is 42.3 Å². The van der Waals surface area contributed by atoms with Crippen LogP contribution in [0.4, 0.5) is 0 Å². The second-order valence-electron chi connectivity index (χ2n) is 5.96. The van der Waals surface area contributed by atoms with E-state index in [-0.39, 0.29) is 0 Å². The molecule has 0 saturated carbocycles. The topological polar surface area (TPSA) is 33.7 Å². The number of hydrogen-bond donors (Lipinski definition) is 1. The summed E-state index contributed by atoms with van der Waals surface area (Å²) in [5.41, 5.74) is 1.32. The number of fused-ring (bicyclic) bond motifs is 1. The van der Waals surface area contributed by atoms with Gasteiger partial charge >= 0.3 is 0 Å². The van der Waals surface area contributed by atoms with Crippen molar-refractivity contribution in [2.24, 2.45) is 0 Å². The van der Waals surface area contributed by atoms with Crippen molar-refractivity contribution in [3.63, 3.8) is 0 Å². The highest BCUT2D eigenvalue weighted by atomic mass is 16.6. The number of hydrogen-bond acceptors (Lipinski definition) is 4. The van der Waals surface area contributed by atoms with E-state index in [0.29, 0.717) is 25.3 Å². The van der Waals surface area contributed by atoms with Gasteiger partial charge in [-0.05, 0) is 50.6 Å². The van der Waals surface area contributed by atoms with Gasteiger partial charge in [-0.3, -0.25) is 4.90 Å². The van der Waals surface area contributed by atoms with Gasteiger partial charge in [0.05, 0.1) is 0 Å². The largest absolute Gasteiger partial charge is 0.486 e. The zero-order chi connectivity index (χ0) is 14.7. The third-order valence-electron chi connectivity index (χ3n) is 4.53. The van der Waals surface area contributed by atoms with Crippen molar-refractivity contribution >= 4 is 0 Å². The second kappa shape index (κ2) is 6.67. The summed E-state index contributed by atoms with van der Waals surface area (Å²) in [6.07, 6.45) is 2.43. The van der Waals surface area contributed by atoms with Crippen molar-refractivity contribution in [2.45, 2.75) is 38.8 Å². The van der Waals surface area contributed by atoms with Crippen LogP contribution in [0, 0.1) is 0 Å². The lowest BCUT2D eigenvalue weighted by Gasteiger charge is -2.34. The summed E-state index contributed by atoms with van der Waals surface area (Å²) in [4.78, 5) is 2.63. The zero-order valence-corrected chi connectivity index (χ0v) is 13.1. The first kappa shape index (κ1) is 14.7. The predicted molar refractivity (Wildman–Crippen MR) is 84.1 cm³/mol. The van der Waals surface area contributed by atoms with Gasteiger partial charge in [0.2, 0.25) is 0 Å². The molecule has 2 aliphatic heterocycles. The lowest BCUT2D eigenvalue weighted by molar-refractivity contribution is 0.151. The molecule has 2 atom stereocenters. The van der Waals surface area contributed by atoms with Gasteiger partial charge in [-0.25, -0.2) is 0 Å². The van der Waals surface area contributed by atoms with E-state index in [1.807, 2.05) is 0 Å². The highest BCUT2D eigenvalue weighted by Gasteiger charge is 2.27. The summed E-state index contributed by atoms with van der Waals surface area (Å²) >= 11 is 0. The van der Waals surface area contributed by atoms with E-state index in [1.165, 1.54) is 18.4 Å². The Kier molecular flexibility index (Phi) is 4.66. The molecule has 116 valence electrons. The molecule has 21 heavy (non-hydrogen) atoms. The first-order valence-electron chi connectivity index (χ1n) is 8.15. The van der Waals surface area contributed by atoms with Crippen molar-refractivity contribution in [3.8, 4) is 11.5 Å². The third kappa shape index (κ3) is 3.16. The highest BCUT2D eigenvalue weighted by molar-refractivity contribution is 5.44. The van der Waals surface area contributed by atoms with Gasteiger partial charge in [0.15, 0.2) is 11.5 Å². The molecule has 3 rings (SSSR count). The number of benzene rings is 1. The Balaban J connectivity index is 1.79. The Labute approximate surface area is 127 Å². The summed E-state index contributed by atoms with van der Waals surface area (Å²) in [5, 5.41) is 3.48. The van der Waals surface area contributed by atoms with Crippen LogP contribution in [0.25, 0.3) is 0 Å². The summed E-state index contributed by atoms with van der Waals surface area (Å²) in [5.74, 6) is 1.77. The molecule has 0 aromatic heterocycles. The Hall–Kier alpha value is -1.26. The van der Waals surface area contributed by atoms with Crippen molar-refractivity contribution in [2.75, 3.05) is 32.8 Å². The Bertz CT molecular complexity index is 472. The fraction of sp³-hybridized carbons (Fsp3) is 0.647. The van der Waals surface area contributed by atoms with Gasteiger partial charge < -0.3 is 14.8 Å². The van der Waals surface area contributed by atoms with Crippen molar-refractivity contribution in [3.05, 3.63) is 23.8 Å². The van der Waals surface area contributed by atoms with E-state index < -0.39 is 0 Å². The van der Waals surface area contributed by atoms with Gasteiger partial charge in [-0.1, -0.05) is 13.0 Å². The minimum atomic E-state index is 0.408. The lowest BCUT2D eigenvalue weighted by Crippen LogP contribution is -2.39. The molecule has 4 heteroatoms. The average molecular weight is 290 g/mol. The molecule has 2 aliphatic rings. The van der Waals surface area contributed by atoms with Crippen LogP contribution in [0.5, 0.6) is 11.5 Å². The molecule has 0 bridgehead atoms. The maximum Gasteiger partial charge on any atom is 0.161 e. The van der Waals surface area contributed by atoms with Crippen LogP contribution in [0.3, 0.4) is 0 Å². The molecule has 2 heterocycles. The van der Waals surface area contributed by atoms with Gasteiger partial charge in [-0.15, -0.1) is 0 Å². The van der Waals surface area contributed by atoms with Gasteiger partial charge in [0.25, 0.3) is 0 Å². The summed E-state index contributed by atoms with van der Waals surface area (Å²) in [7, 11) is 0. The summed E-state index contributed by atoms with van der Waals surface area (Å²) in [6, 6.07) is 7.45. The molecule has 1 fully saturated rings. The molecule has 1 aromatic carbocycles. The quantitative estimate of drug-likeness (QED) is 0.904. The Morgan fingerprint density at radius 3 is 2.81 bits per heavy atom. The summed E-state index contributed by atoms with van der Waals surface area (Å²) in [6.45, 7) is 9.24. The van der Waals surface area contributed by atoms with Gasteiger partial charge in [0, 0.05) is 18.6 Å². The molecule has 4 nitrogen and oxygen atoms in total. The molecule has 1 N–H and O–H groups in total. The second-order valence-corrected chi connectivity index (χ2v) is 5.96. The highest BCUT2D eigenvalue weighted by Crippen LogP contribution is 2.34. The van der Waals surface area contributed by atoms with Crippen LogP contribution in [-0.4, -0.2) is 43.8 Å². The molecular weight excluding hydrogens is 264 g/mol. The molecular formula is C17H26N2O2. The van der Waals surface area contributed by atoms with Crippen LogP contribution in [0.2, 0.25) is 0 Å². The van der Waals surface area contributed by atoms with Crippen molar-refractivity contribution in [1.29, 1.82) is 0 Å². The lowest BCUT2D eigenvalue weighted by atomic mass is 10.0. The molecule has 0 aliphatic carbocycles. The van der Waals surface area contributed by atoms with E-state index in [1.54, 1.807) is 0 Å². The zero-order valence-electron chi connectivity index (χ0n) is 13.1. The van der Waals surface area contributed by atoms with E-state index in [4.69, 9.17) is 9.47 Å². The van der Waals surface area contributed by atoms with Crippen molar-refractivity contribution in [1.82, 2.24) is 10.2 Å². The Morgan fingerprint density at radius 1 is 1.29 bits per heavy atom. The third-order valence-corrected chi connectivity index (χ3v) is 4.53. The fourth-order valence-electron chi connectivity index (χ4n) is 3.38. The predicted octanol–water partition coefficient (Wildman–Crippen LogP) is 2.59. The average Bonchev–Trinajstić information content (AvgIpc) is 3.05. The standard InChI is InChI=1S/C17H26N2O2/c1-3-8-19(15-6-7-18-12-15)13(2)14-4-5-16-17(11-14)21-10-9-20-16/h4-5,11,13,15,18H,3,6-10,12H2,1-2H3. The SMILES string of the molecule is CCCN(C1CCNC1)C(C)c1ccc2c(c1)OCCO2. The van der Waals surface area contributed by atoms with E-state index >= 15 is 0 Å². The Morgan fingerprint density at radius 2 is 2.10 bits per heavy atom. The van der Waals surface area contributed by atoms with Crippen LogP contribution in [-0.2, 0) is 0 Å². The molecule has 1 aromatic rings. The monoisotopic (exact) mass is 290 g/mol. The number of rotatable bonds is 5. The van der Waals surface area contributed by atoms with Crippen LogP contribution in [0.1, 0.15) is 38.3 Å². The van der Waals surface area contributed by atoms with Crippen LogP contribution in [0.15, 0.2) is 18.2 Å². The minimum absolute atomic E-state index is 0.408. The van der Waals surface area contributed by atoms with E-state index in [9.17, 15) is 0 Å². The van der Waals surface area contributed by atoms with Gasteiger partial charge in [-0.2, -0.15) is 0 Å². The van der Waals surface area contributed by atoms with E-state index in [0.717, 1.165) is 31.1 Å². The van der Waals surface area contributed by atoms with Crippen LogP contribution < -0.4 is 14.8 Å². The summed E-state index contributed by atoms with van der Waals surface area (Å²) < 4.78 is 11.3. The van der Waals surface area contributed by atoms with Crippen molar-refractivity contribution < 1.29 is 9.47 Å². The number of nitrogens with zero attached hydrogens (tertiary/aromatic N) is 1. The first-order valence-corrected chi connectivity index (χ1v) is 8.15. The maximum absolute atomic E-state index is 5.72. The first-order chi connectivity index (χ1) is 10.3. The number of nitrogens with one attached hydrogen (secondary N) is 1. The maximum atomic E-state index is 5.72. The molecule has 0 amide bonds. The minimum Gasteiger partial charge on any atom is -0.486 e. The fourth-order valence-corrected chi connectivity index (χ4v) is 3.38. The van der Waals surface area contributed by atoms with Crippen LogP contribution >= 0.6 is 0 Å². The molecule has 1 saturated heterocycles. The number of ether oxygens (including phenoxy) is 2. The van der Waals surface area contributed by atoms with Gasteiger partial charge in [0.1, 0.15) is 13.2 Å². The molecule has 2 unspecified atom stereocenters. The molecule has 0 spiro atoms. The molecule has 0 radical (unpaired) electrons. The normalized spacial score (nSPS) is 22.5. The smallest absolute Gasteiger partial charge is 0.161 e.